The van der Waals surface area contributed by atoms with Gasteiger partial charge in [0, 0.05) is 24.7 Å². The molecule has 21 heavy (non-hydrogen) atoms. The second-order valence-electron chi connectivity index (χ2n) is 5.37. The fraction of sp³-hybridized carbons (Fsp3) is 0.500. The first-order chi connectivity index (χ1) is 9.93. The molecule has 2 atom stereocenters. The Labute approximate surface area is 121 Å². The zero-order chi connectivity index (χ0) is 15.6. The number of non-ortho nitro benzene ring substituents is 1. The van der Waals surface area contributed by atoms with Crippen LogP contribution in [0.2, 0.25) is 0 Å². The van der Waals surface area contributed by atoms with Crippen LogP contribution in [0.1, 0.15) is 29.6 Å². The van der Waals surface area contributed by atoms with Crippen molar-refractivity contribution in [1.29, 1.82) is 0 Å². The SMILES string of the molecule is CN(C(=O)c1cc(F)cc([N+](=O)[O-])c1)C1CCCC1CN. The average Bonchev–Trinajstić information content (AvgIpc) is 2.93. The fourth-order valence-corrected chi connectivity index (χ4v) is 2.96. The Kier molecular flexibility index (Phi) is 4.52. The van der Waals surface area contributed by atoms with Gasteiger partial charge in [0.1, 0.15) is 5.82 Å². The number of nitro groups is 1. The first-order valence-electron chi connectivity index (χ1n) is 6.86. The molecule has 1 aromatic rings. The highest BCUT2D eigenvalue weighted by molar-refractivity contribution is 5.95. The summed E-state index contributed by atoms with van der Waals surface area (Å²) in [6.07, 6.45) is 2.80. The lowest BCUT2D eigenvalue weighted by Gasteiger charge is -2.29. The van der Waals surface area contributed by atoms with Crippen LogP contribution in [0, 0.1) is 21.8 Å². The minimum absolute atomic E-state index is 0.00447. The Morgan fingerprint density at radius 1 is 1.48 bits per heavy atom. The number of benzene rings is 1. The molecule has 6 nitrogen and oxygen atoms in total. The van der Waals surface area contributed by atoms with Gasteiger partial charge >= 0.3 is 0 Å². The van der Waals surface area contributed by atoms with Crippen LogP contribution in [0.25, 0.3) is 0 Å². The van der Waals surface area contributed by atoms with E-state index in [1.807, 2.05) is 0 Å². The molecule has 0 radical (unpaired) electrons. The van der Waals surface area contributed by atoms with Gasteiger partial charge in [0.05, 0.1) is 11.0 Å². The van der Waals surface area contributed by atoms with Crippen molar-refractivity contribution in [3.05, 3.63) is 39.7 Å². The molecular weight excluding hydrogens is 277 g/mol. The van der Waals surface area contributed by atoms with Gasteiger partial charge in [0.25, 0.3) is 11.6 Å². The lowest BCUT2D eigenvalue weighted by atomic mass is 10.0. The Morgan fingerprint density at radius 3 is 2.81 bits per heavy atom. The fourth-order valence-electron chi connectivity index (χ4n) is 2.96. The molecule has 0 aliphatic heterocycles. The van der Waals surface area contributed by atoms with E-state index < -0.39 is 22.3 Å². The van der Waals surface area contributed by atoms with E-state index in [2.05, 4.69) is 0 Å². The molecule has 0 spiro atoms. The molecule has 7 heteroatoms. The highest BCUT2D eigenvalue weighted by Crippen LogP contribution is 2.29. The van der Waals surface area contributed by atoms with Gasteiger partial charge in [-0.3, -0.25) is 14.9 Å². The second-order valence-corrected chi connectivity index (χ2v) is 5.37. The van der Waals surface area contributed by atoms with Crippen molar-refractivity contribution in [3.63, 3.8) is 0 Å². The zero-order valence-electron chi connectivity index (χ0n) is 11.8. The Balaban J connectivity index is 2.25. The third kappa shape index (κ3) is 3.18. The largest absolute Gasteiger partial charge is 0.338 e. The molecule has 1 aromatic carbocycles. The van der Waals surface area contributed by atoms with Crippen LogP contribution in [0.5, 0.6) is 0 Å². The molecule has 0 heterocycles. The topological polar surface area (TPSA) is 89.5 Å². The number of rotatable bonds is 4. The van der Waals surface area contributed by atoms with E-state index in [1.165, 1.54) is 4.90 Å². The van der Waals surface area contributed by atoms with Gasteiger partial charge in [-0.2, -0.15) is 0 Å². The van der Waals surface area contributed by atoms with Gasteiger partial charge in [-0.15, -0.1) is 0 Å². The number of carbonyl (C=O) groups excluding carboxylic acids is 1. The molecule has 1 fully saturated rings. The van der Waals surface area contributed by atoms with Crippen molar-refractivity contribution >= 4 is 11.6 Å². The number of halogens is 1. The Morgan fingerprint density at radius 2 is 2.19 bits per heavy atom. The summed E-state index contributed by atoms with van der Waals surface area (Å²) in [4.78, 5) is 24.0. The molecule has 2 rings (SSSR count). The maximum atomic E-state index is 13.4. The minimum atomic E-state index is -0.789. The van der Waals surface area contributed by atoms with Crippen LogP contribution in [0.15, 0.2) is 18.2 Å². The van der Waals surface area contributed by atoms with E-state index in [0.717, 1.165) is 37.5 Å². The normalized spacial score (nSPS) is 21.3. The molecule has 2 N–H and O–H groups in total. The van der Waals surface area contributed by atoms with Crippen molar-refractivity contribution in [1.82, 2.24) is 4.90 Å². The molecule has 1 saturated carbocycles. The lowest BCUT2D eigenvalue weighted by Crippen LogP contribution is -2.41. The molecule has 0 bridgehead atoms. The van der Waals surface area contributed by atoms with Gasteiger partial charge in [-0.1, -0.05) is 6.42 Å². The number of amides is 1. The molecule has 114 valence electrons. The van der Waals surface area contributed by atoms with Crippen LogP contribution >= 0.6 is 0 Å². The smallest absolute Gasteiger partial charge is 0.273 e. The molecule has 0 aromatic heterocycles. The van der Waals surface area contributed by atoms with E-state index >= 15 is 0 Å². The van der Waals surface area contributed by atoms with Crippen molar-refractivity contribution in [2.75, 3.05) is 13.6 Å². The Bertz CT molecular complexity index is 564. The number of nitro benzene ring substituents is 1. The van der Waals surface area contributed by atoms with Crippen molar-refractivity contribution in [3.8, 4) is 0 Å². The third-order valence-electron chi connectivity index (χ3n) is 4.08. The summed E-state index contributed by atoms with van der Waals surface area (Å²) in [5.74, 6) is -0.979. The molecule has 1 amide bonds. The zero-order valence-corrected chi connectivity index (χ0v) is 11.8. The maximum absolute atomic E-state index is 13.4. The van der Waals surface area contributed by atoms with Crippen LogP contribution < -0.4 is 5.73 Å². The van der Waals surface area contributed by atoms with Crippen LogP contribution in [0.3, 0.4) is 0 Å². The van der Waals surface area contributed by atoms with Crippen LogP contribution in [-0.4, -0.2) is 35.4 Å². The highest BCUT2D eigenvalue weighted by Gasteiger charge is 2.32. The van der Waals surface area contributed by atoms with Gasteiger partial charge < -0.3 is 10.6 Å². The van der Waals surface area contributed by atoms with Gasteiger partial charge in [-0.25, -0.2) is 4.39 Å². The quantitative estimate of drug-likeness (QED) is 0.679. The average molecular weight is 295 g/mol. The monoisotopic (exact) mass is 295 g/mol. The summed E-state index contributed by atoms with van der Waals surface area (Å²) in [5, 5.41) is 10.7. The van der Waals surface area contributed by atoms with E-state index in [-0.39, 0.29) is 17.5 Å². The van der Waals surface area contributed by atoms with Crippen molar-refractivity contribution in [2.45, 2.75) is 25.3 Å². The second kappa shape index (κ2) is 6.17. The Hall–Kier alpha value is -2.02. The highest BCUT2D eigenvalue weighted by atomic mass is 19.1. The van der Waals surface area contributed by atoms with E-state index in [1.54, 1.807) is 7.05 Å². The maximum Gasteiger partial charge on any atom is 0.273 e. The molecule has 2 unspecified atom stereocenters. The molecule has 1 aliphatic carbocycles. The van der Waals surface area contributed by atoms with Gasteiger partial charge in [-0.05, 0) is 31.4 Å². The molecule has 1 aliphatic rings. The molecule has 0 saturated heterocycles. The van der Waals surface area contributed by atoms with Crippen LogP contribution in [-0.2, 0) is 0 Å². The number of carbonyl (C=O) groups is 1. The summed E-state index contributed by atoms with van der Waals surface area (Å²) < 4.78 is 13.4. The summed E-state index contributed by atoms with van der Waals surface area (Å²) in [7, 11) is 1.64. The number of hydrogen-bond acceptors (Lipinski definition) is 4. The van der Waals surface area contributed by atoms with Crippen LogP contribution in [0.4, 0.5) is 10.1 Å². The number of hydrogen-bond donors (Lipinski definition) is 1. The summed E-state index contributed by atoms with van der Waals surface area (Å²) in [6.45, 7) is 0.492. The predicted octanol–water partition coefficient (Wildman–Crippen LogP) is 1.93. The number of nitrogens with two attached hydrogens (primary N) is 1. The standard InChI is InChI=1S/C14H18FN3O3/c1-17(13-4-2-3-9(13)8-16)14(19)10-5-11(15)7-12(6-10)18(20)21/h5-7,9,13H,2-4,8,16H2,1H3. The summed E-state index contributed by atoms with van der Waals surface area (Å²) >= 11 is 0. The third-order valence-corrected chi connectivity index (χ3v) is 4.08. The van der Waals surface area contributed by atoms with Gasteiger partial charge in [0.2, 0.25) is 0 Å². The van der Waals surface area contributed by atoms with E-state index in [4.69, 9.17) is 5.73 Å². The van der Waals surface area contributed by atoms with Gasteiger partial charge in [0.15, 0.2) is 0 Å². The predicted molar refractivity (Wildman–Crippen MR) is 75.3 cm³/mol. The van der Waals surface area contributed by atoms with E-state index in [0.29, 0.717) is 6.54 Å². The number of nitrogens with zero attached hydrogens (tertiary/aromatic N) is 2. The summed E-state index contributed by atoms with van der Waals surface area (Å²) in [6, 6.07) is 2.94. The van der Waals surface area contributed by atoms with E-state index in [9.17, 15) is 19.3 Å². The molecular formula is C14H18FN3O3. The summed E-state index contributed by atoms with van der Waals surface area (Å²) in [5.41, 5.74) is 5.27. The first kappa shape index (κ1) is 15.4. The van der Waals surface area contributed by atoms with Crippen molar-refractivity contribution < 1.29 is 14.1 Å². The lowest BCUT2D eigenvalue weighted by molar-refractivity contribution is -0.385. The van der Waals surface area contributed by atoms with Crippen molar-refractivity contribution in [2.24, 2.45) is 11.7 Å². The first-order valence-corrected chi connectivity index (χ1v) is 6.86. The minimum Gasteiger partial charge on any atom is -0.338 e.